The van der Waals surface area contributed by atoms with Gasteiger partial charge in [-0.1, -0.05) is 0 Å². The maximum absolute atomic E-state index is 12.9. The maximum Gasteiger partial charge on any atom is 0.279 e. The Morgan fingerprint density at radius 3 is 2.25 bits per heavy atom. The van der Waals surface area contributed by atoms with E-state index in [0.29, 0.717) is 26.2 Å². The summed E-state index contributed by atoms with van der Waals surface area (Å²) in [4.78, 5) is 45.6. The summed E-state index contributed by atoms with van der Waals surface area (Å²) in [6.07, 6.45) is 1.48. The maximum atomic E-state index is 12.9. The van der Waals surface area contributed by atoms with Crippen LogP contribution in [0.2, 0.25) is 0 Å². The summed E-state index contributed by atoms with van der Waals surface area (Å²) in [5.74, 6) is 0.310. The predicted molar refractivity (Wildman–Crippen MR) is 99.4 cm³/mol. The van der Waals surface area contributed by atoms with Crippen molar-refractivity contribution < 1.29 is 14.6 Å². The number of hydrogen-bond acceptors (Lipinski definition) is 8. The quantitative estimate of drug-likeness (QED) is 0.574. The number of nitro benzene ring substituents is 2. The van der Waals surface area contributed by atoms with Crippen LogP contribution in [0, 0.1) is 34.1 Å². The van der Waals surface area contributed by atoms with Crippen LogP contribution in [0.5, 0.6) is 0 Å². The number of aryl methyl sites for hydroxylation is 1. The van der Waals surface area contributed by atoms with E-state index < -0.39 is 27.1 Å². The highest BCUT2D eigenvalue weighted by Crippen LogP contribution is 2.29. The van der Waals surface area contributed by atoms with Gasteiger partial charge in [0.25, 0.3) is 17.3 Å². The number of carbonyl (C=O) groups is 1. The molecule has 2 aromatic rings. The normalized spacial score (nSPS) is 14.1. The molecule has 2 heterocycles. The molecule has 1 saturated heterocycles. The number of nitro groups is 2. The third kappa shape index (κ3) is 3.72. The lowest BCUT2D eigenvalue weighted by molar-refractivity contribution is -0.394. The first kappa shape index (κ1) is 19.1. The molecule has 1 fully saturated rings. The first-order valence-corrected chi connectivity index (χ1v) is 8.54. The zero-order valence-corrected chi connectivity index (χ0v) is 15.4. The van der Waals surface area contributed by atoms with Crippen molar-refractivity contribution >= 4 is 23.1 Å². The van der Waals surface area contributed by atoms with E-state index in [4.69, 9.17) is 0 Å². The van der Waals surface area contributed by atoms with Crippen molar-refractivity contribution in [2.75, 3.05) is 31.1 Å². The third-order valence-electron chi connectivity index (χ3n) is 4.68. The Morgan fingerprint density at radius 2 is 1.68 bits per heavy atom. The average molecular weight is 386 g/mol. The van der Waals surface area contributed by atoms with Gasteiger partial charge in [-0.2, -0.15) is 0 Å². The fourth-order valence-corrected chi connectivity index (χ4v) is 3.12. The number of piperazine rings is 1. The molecule has 0 bridgehead atoms. The van der Waals surface area contributed by atoms with E-state index in [1.54, 1.807) is 4.90 Å². The van der Waals surface area contributed by atoms with E-state index in [2.05, 4.69) is 9.97 Å². The number of rotatable bonds is 4. The van der Waals surface area contributed by atoms with Gasteiger partial charge in [0.1, 0.15) is 12.1 Å². The number of carbonyl (C=O) groups excluding carboxylic acids is 1. The van der Waals surface area contributed by atoms with Gasteiger partial charge in [-0.15, -0.1) is 0 Å². The molecular weight excluding hydrogens is 368 g/mol. The van der Waals surface area contributed by atoms with Crippen LogP contribution in [0.1, 0.15) is 21.6 Å². The van der Waals surface area contributed by atoms with E-state index in [1.807, 2.05) is 17.9 Å². The lowest BCUT2D eigenvalue weighted by Crippen LogP contribution is -2.49. The molecule has 0 N–H and O–H groups in total. The van der Waals surface area contributed by atoms with Gasteiger partial charge in [-0.3, -0.25) is 25.0 Å². The van der Waals surface area contributed by atoms with E-state index in [9.17, 15) is 25.0 Å². The van der Waals surface area contributed by atoms with Crippen molar-refractivity contribution in [3.63, 3.8) is 0 Å². The van der Waals surface area contributed by atoms with Gasteiger partial charge in [0.15, 0.2) is 0 Å². The van der Waals surface area contributed by atoms with Crippen LogP contribution in [0.15, 0.2) is 24.5 Å². The van der Waals surface area contributed by atoms with E-state index in [-0.39, 0.29) is 11.1 Å². The SMILES string of the molecule is Cc1cc(N2CCN(C(=O)c3cc([N+](=O)[O-])cc([N+](=O)[O-])c3C)CC2)ncn1. The summed E-state index contributed by atoms with van der Waals surface area (Å²) in [7, 11) is 0. The van der Waals surface area contributed by atoms with Crippen molar-refractivity contribution in [2.24, 2.45) is 0 Å². The molecule has 0 saturated carbocycles. The van der Waals surface area contributed by atoms with Gasteiger partial charge in [0.2, 0.25) is 0 Å². The lowest BCUT2D eigenvalue weighted by Gasteiger charge is -2.35. The van der Waals surface area contributed by atoms with Crippen molar-refractivity contribution in [1.82, 2.24) is 14.9 Å². The largest absolute Gasteiger partial charge is 0.353 e. The van der Waals surface area contributed by atoms with Crippen LogP contribution in [-0.4, -0.2) is 56.8 Å². The fourth-order valence-electron chi connectivity index (χ4n) is 3.12. The number of anilines is 1. The van der Waals surface area contributed by atoms with Crippen molar-refractivity contribution in [1.29, 1.82) is 0 Å². The number of hydrogen-bond donors (Lipinski definition) is 0. The summed E-state index contributed by atoms with van der Waals surface area (Å²) < 4.78 is 0. The van der Waals surface area contributed by atoms with Gasteiger partial charge in [-0.25, -0.2) is 9.97 Å². The zero-order valence-electron chi connectivity index (χ0n) is 15.4. The van der Waals surface area contributed by atoms with Gasteiger partial charge in [-0.05, 0) is 13.8 Å². The topological polar surface area (TPSA) is 136 Å². The second-order valence-corrected chi connectivity index (χ2v) is 6.45. The predicted octanol–water partition coefficient (Wildman–Crippen LogP) is 1.87. The highest BCUT2D eigenvalue weighted by Gasteiger charge is 2.29. The Labute approximate surface area is 159 Å². The summed E-state index contributed by atoms with van der Waals surface area (Å²) in [5, 5.41) is 22.3. The lowest BCUT2D eigenvalue weighted by atomic mass is 10.0. The van der Waals surface area contributed by atoms with Crippen molar-refractivity contribution in [2.45, 2.75) is 13.8 Å². The average Bonchev–Trinajstić information content (AvgIpc) is 2.67. The number of nitrogens with zero attached hydrogens (tertiary/aromatic N) is 6. The highest BCUT2D eigenvalue weighted by atomic mass is 16.6. The number of non-ortho nitro benzene ring substituents is 1. The molecule has 11 nitrogen and oxygen atoms in total. The van der Waals surface area contributed by atoms with E-state index in [1.165, 1.54) is 13.3 Å². The van der Waals surface area contributed by atoms with Crippen LogP contribution in [-0.2, 0) is 0 Å². The second kappa shape index (κ2) is 7.55. The van der Waals surface area contributed by atoms with Crippen LogP contribution in [0.3, 0.4) is 0 Å². The minimum atomic E-state index is -0.738. The summed E-state index contributed by atoms with van der Waals surface area (Å²) in [6.45, 7) is 5.09. The second-order valence-electron chi connectivity index (χ2n) is 6.45. The smallest absolute Gasteiger partial charge is 0.279 e. The fraction of sp³-hybridized carbons (Fsp3) is 0.353. The first-order valence-electron chi connectivity index (χ1n) is 8.54. The molecule has 0 aliphatic carbocycles. The highest BCUT2D eigenvalue weighted by molar-refractivity contribution is 5.97. The van der Waals surface area contributed by atoms with E-state index >= 15 is 0 Å². The molecule has 28 heavy (non-hydrogen) atoms. The summed E-state index contributed by atoms with van der Waals surface area (Å²) >= 11 is 0. The molecule has 3 rings (SSSR count). The monoisotopic (exact) mass is 386 g/mol. The Hall–Kier alpha value is -3.63. The summed E-state index contributed by atoms with van der Waals surface area (Å²) in [6, 6.07) is 3.83. The standard InChI is InChI=1S/C17H18N6O5/c1-11-7-16(19-10-18-11)20-3-5-21(6-4-20)17(24)14-8-13(22(25)26)9-15(12(14)2)23(27)28/h7-10H,3-6H2,1-2H3. The minimum absolute atomic E-state index is 0.0211. The van der Waals surface area contributed by atoms with Crippen molar-refractivity contribution in [3.05, 3.63) is 61.6 Å². The third-order valence-corrected chi connectivity index (χ3v) is 4.68. The Kier molecular flexibility index (Phi) is 5.16. The van der Waals surface area contributed by atoms with Gasteiger partial charge in [0.05, 0.1) is 21.5 Å². The molecule has 1 aliphatic heterocycles. The molecule has 0 radical (unpaired) electrons. The Bertz CT molecular complexity index is 955. The van der Waals surface area contributed by atoms with Crippen LogP contribution in [0.4, 0.5) is 17.2 Å². The van der Waals surface area contributed by atoms with Crippen molar-refractivity contribution in [3.8, 4) is 0 Å². The number of amides is 1. The molecule has 0 atom stereocenters. The van der Waals surface area contributed by atoms with Gasteiger partial charge >= 0.3 is 0 Å². The van der Waals surface area contributed by atoms with Crippen LogP contribution < -0.4 is 4.90 Å². The zero-order chi connectivity index (χ0) is 20.4. The molecule has 1 amide bonds. The molecule has 0 spiro atoms. The number of aromatic nitrogens is 2. The molecular formula is C17H18N6O5. The van der Waals surface area contributed by atoms with E-state index in [0.717, 1.165) is 23.6 Å². The van der Waals surface area contributed by atoms with Crippen LogP contribution in [0.25, 0.3) is 0 Å². The van der Waals surface area contributed by atoms with Gasteiger partial charge < -0.3 is 9.80 Å². The number of benzene rings is 1. The summed E-state index contributed by atoms with van der Waals surface area (Å²) in [5.41, 5.74) is 0.0214. The first-order chi connectivity index (χ1) is 13.3. The molecule has 0 unspecified atom stereocenters. The molecule has 1 aliphatic rings. The molecule has 146 valence electrons. The Balaban J connectivity index is 1.82. The van der Waals surface area contributed by atoms with Crippen LogP contribution >= 0.6 is 0 Å². The minimum Gasteiger partial charge on any atom is -0.353 e. The molecule has 1 aromatic heterocycles. The molecule has 11 heteroatoms. The molecule has 1 aromatic carbocycles. The Morgan fingerprint density at radius 1 is 1.00 bits per heavy atom. The van der Waals surface area contributed by atoms with Gasteiger partial charge in [0, 0.05) is 49.6 Å².